The zero-order valence-corrected chi connectivity index (χ0v) is 14.5. The second-order valence-corrected chi connectivity index (χ2v) is 7.59. The molecule has 2 heterocycles. The van der Waals surface area contributed by atoms with Gasteiger partial charge in [0.25, 0.3) is 0 Å². The molecular weight excluding hydrogens is 340 g/mol. The van der Waals surface area contributed by atoms with Crippen molar-refractivity contribution in [1.29, 1.82) is 0 Å². The Bertz CT molecular complexity index is 853. The number of carbonyl (C=O) groups is 1. The predicted octanol–water partition coefficient (Wildman–Crippen LogP) is 0.670. The summed E-state index contributed by atoms with van der Waals surface area (Å²) in [6, 6.07) is 9.16. The number of hydrogen-bond donors (Lipinski definition) is 3. The second-order valence-electron chi connectivity index (χ2n) is 5.82. The first-order valence-corrected chi connectivity index (χ1v) is 9.51. The zero-order valence-electron chi connectivity index (χ0n) is 13.7. The number of benzene rings is 1. The van der Waals surface area contributed by atoms with Crippen LogP contribution in [0.25, 0.3) is 0 Å². The van der Waals surface area contributed by atoms with Crippen molar-refractivity contribution >= 4 is 15.9 Å². The van der Waals surface area contributed by atoms with Crippen molar-refractivity contribution in [3.63, 3.8) is 0 Å². The summed E-state index contributed by atoms with van der Waals surface area (Å²) in [6.45, 7) is 2.21. The monoisotopic (exact) mass is 360 g/mol. The van der Waals surface area contributed by atoms with Crippen molar-refractivity contribution < 1.29 is 13.2 Å². The minimum Gasteiger partial charge on any atom is -0.352 e. The van der Waals surface area contributed by atoms with Gasteiger partial charge in [0.15, 0.2) is 0 Å². The Morgan fingerprint density at radius 2 is 2.04 bits per heavy atom. The SMILES string of the molecule is O=C(CCNS(=O)(=O)c1cccnc1)NCc1ccc2c(c1)CNC2. The van der Waals surface area contributed by atoms with Gasteiger partial charge in [-0.15, -0.1) is 0 Å². The fourth-order valence-electron chi connectivity index (χ4n) is 2.64. The topological polar surface area (TPSA) is 100 Å². The quantitative estimate of drug-likeness (QED) is 0.674. The van der Waals surface area contributed by atoms with Gasteiger partial charge in [0.2, 0.25) is 15.9 Å². The number of hydrogen-bond acceptors (Lipinski definition) is 5. The van der Waals surface area contributed by atoms with Crippen molar-refractivity contribution in [1.82, 2.24) is 20.3 Å². The van der Waals surface area contributed by atoms with Crippen molar-refractivity contribution in [3.05, 3.63) is 59.4 Å². The molecule has 1 aromatic heterocycles. The van der Waals surface area contributed by atoms with Gasteiger partial charge in [0.1, 0.15) is 4.90 Å². The minimum absolute atomic E-state index is 0.0389. The molecule has 0 aliphatic carbocycles. The van der Waals surface area contributed by atoms with Crippen molar-refractivity contribution in [2.75, 3.05) is 6.54 Å². The molecule has 0 saturated heterocycles. The van der Waals surface area contributed by atoms with Crippen LogP contribution in [0.3, 0.4) is 0 Å². The maximum Gasteiger partial charge on any atom is 0.242 e. The smallest absolute Gasteiger partial charge is 0.242 e. The molecule has 1 aliphatic rings. The second kappa shape index (κ2) is 7.73. The molecule has 0 radical (unpaired) electrons. The first-order chi connectivity index (χ1) is 12.0. The molecule has 1 aromatic carbocycles. The highest BCUT2D eigenvalue weighted by Crippen LogP contribution is 2.16. The number of amides is 1. The number of pyridine rings is 1. The van der Waals surface area contributed by atoms with Gasteiger partial charge in [-0.2, -0.15) is 0 Å². The third kappa shape index (κ3) is 4.62. The Morgan fingerprint density at radius 1 is 1.20 bits per heavy atom. The van der Waals surface area contributed by atoms with E-state index in [2.05, 4.69) is 32.5 Å². The molecule has 3 rings (SSSR count). The van der Waals surface area contributed by atoms with Gasteiger partial charge in [0, 0.05) is 45.0 Å². The Hall–Kier alpha value is -2.29. The van der Waals surface area contributed by atoms with Crippen LogP contribution in [-0.2, 0) is 34.5 Å². The van der Waals surface area contributed by atoms with Gasteiger partial charge in [-0.25, -0.2) is 13.1 Å². The van der Waals surface area contributed by atoms with Crippen LogP contribution in [0.1, 0.15) is 23.1 Å². The Morgan fingerprint density at radius 3 is 2.84 bits per heavy atom. The summed E-state index contributed by atoms with van der Waals surface area (Å²) < 4.78 is 26.4. The lowest BCUT2D eigenvalue weighted by molar-refractivity contribution is -0.121. The van der Waals surface area contributed by atoms with Crippen LogP contribution in [0.4, 0.5) is 0 Å². The number of aromatic nitrogens is 1. The van der Waals surface area contributed by atoms with E-state index < -0.39 is 10.0 Å². The molecule has 132 valence electrons. The van der Waals surface area contributed by atoms with Crippen LogP contribution in [0.2, 0.25) is 0 Å². The van der Waals surface area contributed by atoms with E-state index in [4.69, 9.17) is 0 Å². The molecule has 1 aliphatic heterocycles. The fraction of sp³-hybridized carbons (Fsp3) is 0.294. The number of nitrogens with zero attached hydrogens (tertiary/aromatic N) is 1. The van der Waals surface area contributed by atoms with E-state index >= 15 is 0 Å². The lowest BCUT2D eigenvalue weighted by Gasteiger charge is -2.08. The maximum atomic E-state index is 12.0. The molecule has 0 fully saturated rings. The van der Waals surface area contributed by atoms with Crippen LogP contribution in [-0.4, -0.2) is 25.9 Å². The summed E-state index contributed by atoms with van der Waals surface area (Å²) >= 11 is 0. The van der Waals surface area contributed by atoms with Crippen LogP contribution < -0.4 is 15.4 Å². The summed E-state index contributed by atoms with van der Waals surface area (Å²) in [7, 11) is -3.63. The number of nitrogens with one attached hydrogen (secondary N) is 3. The highest BCUT2D eigenvalue weighted by atomic mass is 32.2. The maximum absolute atomic E-state index is 12.0. The zero-order chi connectivity index (χ0) is 17.7. The minimum atomic E-state index is -3.63. The molecule has 2 aromatic rings. The van der Waals surface area contributed by atoms with Gasteiger partial charge in [-0.3, -0.25) is 9.78 Å². The molecule has 0 bridgehead atoms. The lowest BCUT2D eigenvalue weighted by Crippen LogP contribution is -2.30. The van der Waals surface area contributed by atoms with Gasteiger partial charge in [-0.05, 0) is 28.8 Å². The van der Waals surface area contributed by atoms with Crippen molar-refractivity contribution in [2.24, 2.45) is 0 Å². The first-order valence-electron chi connectivity index (χ1n) is 8.02. The first kappa shape index (κ1) is 17.5. The highest BCUT2D eigenvalue weighted by molar-refractivity contribution is 7.89. The summed E-state index contributed by atoms with van der Waals surface area (Å²) in [5, 5.41) is 6.09. The summed E-state index contributed by atoms with van der Waals surface area (Å²) in [4.78, 5) is 15.8. The van der Waals surface area contributed by atoms with Gasteiger partial charge in [0.05, 0.1) is 0 Å². The molecule has 0 atom stereocenters. The van der Waals surface area contributed by atoms with E-state index in [0.717, 1.165) is 18.7 Å². The number of fused-ring (bicyclic) bond motifs is 1. The molecule has 0 spiro atoms. The van der Waals surface area contributed by atoms with Gasteiger partial charge >= 0.3 is 0 Å². The molecule has 0 unspecified atom stereocenters. The van der Waals surface area contributed by atoms with Gasteiger partial charge < -0.3 is 10.6 Å². The molecule has 3 N–H and O–H groups in total. The molecule has 0 saturated carbocycles. The third-order valence-corrected chi connectivity index (χ3v) is 5.43. The van der Waals surface area contributed by atoms with Crippen LogP contribution in [0, 0.1) is 0 Å². The molecule has 1 amide bonds. The predicted molar refractivity (Wildman–Crippen MR) is 92.9 cm³/mol. The average molecular weight is 360 g/mol. The number of rotatable bonds is 7. The van der Waals surface area contributed by atoms with Crippen molar-refractivity contribution in [2.45, 2.75) is 31.0 Å². The fourth-order valence-corrected chi connectivity index (χ4v) is 3.63. The van der Waals surface area contributed by atoms with Crippen LogP contribution in [0.15, 0.2) is 47.6 Å². The molecule has 7 nitrogen and oxygen atoms in total. The van der Waals surface area contributed by atoms with E-state index in [1.807, 2.05) is 6.07 Å². The average Bonchev–Trinajstić information content (AvgIpc) is 3.08. The van der Waals surface area contributed by atoms with E-state index in [0.29, 0.717) is 6.54 Å². The Labute approximate surface area is 146 Å². The molecule has 8 heteroatoms. The summed E-state index contributed by atoms with van der Waals surface area (Å²) in [5.41, 5.74) is 3.59. The van der Waals surface area contributed by atoms with Crippen LogP contribution >= 0.6 is 0 Å². The normalized spacial score (nSPS) is 13.4. The summed E-state index contributed by atoms with van der Waals surface area (Å²) in [5.74, 6) is -0.201. The number of sulfonamides is 1. The van der Waals surface area contributed by atoms with Gasteiger partial charge in [-0.1, -0.05) is 18.2 Å². The number of carbonyl (C=O) groups excluding carboxylic acids is 1. The van der Waals surface area contributed by atoms with E-state index in [-0.39, 0.29) is 23.8 Å². The standard InChI is InChI=1S/C17H20N4O3S/c22-17(5-7-21-25(23,24)16-2-1-6-18-12-16)20-9-13-3-4-14-10-19-11-15(14)8-13/h1-4,6,8,12,19,21H,5,7,9-11H2,(H,20,22). The van der Waals surface area contributed by atoms with E-state index in [1.54, 1.807) is 6.07 Å². The Balaban J connectivity index is 1.44. The highest BCUT2D eigenvalue weighted by Gasteiger charge is 2.14. The van der Waals surface area contributed by atoms with E-state index in [9.17, 15) is 13.2 Å². The largest absolute Gasteiger partial charge is 0.352 e. The lowest BCUT2D eigenvalue weighted by atomic mass is 10.1. The van der Waals surface area contributed by atoms with Crippen LogP contribution in [0.5, 0.6) is 0 Å². The molecular formula is C17H20N4O3S. The van der Waals surface area contributed by atoms with E-state index in [1.165, 1.54) is 29.6 Å². The third-order valence-electron chi connectivity index (χ3n) is 3.98. The molecule has 25 heavy (non-hydrogen) atoms. The van der Waals surface area contributed by atoms with Crippen molar-refractivity contribution in [3.8, 4) is 0 Å². The summed E-state index contributed by atoms with van der Waals surface area (Å²) in [6.07, 6.45) is 2.85. The Kier molecular flexibility index (Phi) is 5.42.